The maximum Gasteiger partial charge on any atom is 0.400 e. The van der Waals surface area contributed by atoms with Gasteiger partial charge >= 0.3 is 7.75 Å². The topological polar surface area (TPSA) is 88.0 Å². The molecular weight excluding hydrogens is 221 g/mol. The maximum absolute atomic E-state index is 10.9. The van der Waals surface area contributed by atoms with Crippen LogP contribution in [0.4, 0.5) is 0 Å². The summed E-state index contributed by atoms with van der Waals surface area (Å²) in [7, 11) is -4.24. The lowest BCUT2D eigenvalue weighted by Gasteiger charge is -2.25. The van der Waals surface area contributed by atoms with Gasteiger partial charge in [-0.25, -0.2) is 9.65 Å². The van der Waals surface area contributed by atoms with E-state index in [1.165, 1.54) is 0 Å². The SMILES string of the molecule is CC(C)C[C@H](NP(=O)(O)O)C1OCCO1. The van der Waals surface area contributed by atoms with Gasteiger partial charge in [-0.2, -0.15) is 0 Å². The molecule has 0 aromatic heterocycles. The molecule has 3 N–H and O–H groups in total. The molecule has 90 valence electrons. The van der Waals surface area contributed by atoms with Gasteiger partial charge < -0.3 is 19.3 Å². The average Bonchev–Trinajstić information content (AvgIpc) is 2.50. The third kappa shape index (κ3) is 5.06. The molecule has 1 rings (SSSR count). The van der Waals surface area contributed by atoms with Crippen LogP contribution in [0, 0.1) is 5.92 Å². The van der Waals surface area contributed by atoms with Crippen LogP contribution in [0.5, 0.6) is 0 Å². The molecule has 6 nitrogen and oxygen atoms in total. The molecule has 0 saturated carbocycles. The van der Waals surface area contributed by atoms with Crippen molar-refractivity contribution in [2.24, 2.45) is 5.92 Å². The van der Waals surface area contributed by atoms with E-state index in [4.69, 9.17) is 19.3 Å². The first-order valence-corrected chi connectivity index (χ1v) is 6.56. The minimum atomic E-state index is -4.24. The Morgan fingerprint density at radius 2 is 1.93 bits per heavy atom. The molecule has 1 saturated heterocycles. The monoisotopic (exact) mass is 239 g/mol. The average molecular weight is 239 g/mol. The number of nitrogens with one attached hydrogen (secondary N) is 1. The molecule has 1 aliphatic rings. The number of hydrogen-bond acceptors (Lipinski definition) is 3. The summed E-state index contributed by atoms with van der Waals surface area (Å²) in [6.45, 7) is 4.90. The van der Waals surface area contributed by atoms with Gasteiger partial charge in [-0.05, 0) is 12.3 Å². The number of ether oxygens (including phenoxy) is 2. The van der Waals surface area contributed by atoms with E-state index in [0.717, 1.165) is 0 Å². The van der Waals surface area contributed by atoms with Gasteiger partial charge in [-0.15, -0.1) is 0 Å². The Hall–Kier alpha value is 0.0300. The van der Waals surface area contributed by atoms with Crippen molar-refractivity contribution < 1.29 is 23.8 Å². The second-order valence-electron chi connectivity index (χ2n) is 4.02. The van der Waals surface area contributed by atoms with Gasteiger partial charge in [0.1, 0.15) is 0 Å². The van der Waals surface area contributed by atoms with Gasteiger partial charge in [-0.3, -0.25) is 0 Å². The Morgan fingerprint density at radius 1 is 1.40 bits per heavy atom. The van der Waals surface area contributed by atoms with Gasteiger partial charge in [0.05, 0.1) is 19.3 Å². The highest BCUT2D eigenvalue weighted by Crippen LogP contribution is 2.32. The summed E-state index contributed by atoms with van der Waals surface area (Å²) in [5.74, 6) is 0.307. The predicted octanol–water partition coefficient (Wildman–Crippen LogP) is 0.456. The van der Waals surface area contributed by atoms with Crippen molar-refractivity contribution in [3.05, 3.63) is 0 Å². The Kier molecular flexibility index (Phi) is 4.70. The van der Waals surface area contributed by atoms with Crippen LogP contribution in [0.25, 0.3) is 0 Å². The summed E-state index contributed by atoms with van der Waals surface area (Å²) in [6.07, 6.45) is 0.0375. The van der Waals surface area contributed by atoms with Crippen molar-refractivity contribution >= 4 is 7.75 Å². The van der Waals surface area contributed by atoms with Crippen LogP contribution in [0.2, 0.25) is 0 Å². The van der Waals surface area contributed by atoms with Crippen molar-refractivity contribution in [3.63, 3.8) is 0 Å². The van der Waals surface area contributed by atoms with Crippen molar-refractivity contribution in [3.8, 4) is 0 Å². The molecule has 1 atom stereocenters. The molecule has 15 heavy (non-hydrogen) atoms. The van der Waals surface area contributed by atoms with Crippen LogP contribution >= 0.6 is 7.75 Å². The van der Waals surface area contributed by atoms with Crippen LogP contribution in [-0.4, -0.2) is 35.3 Å². The third-order valence-electron chi connectivity index (χ3n) is 2.04. The highest BCUT2D eigenvalue weighted by molar-refractivity contribution is 7.49. The quantitative estimate of drug-likeness (QED) is 0.604. The Morgan fingerprint density at radius 3 is 2.33 bits per heavy atom. The minimum absolute atomic E-state index is 0.307. The van der Waals surface area contributed by atoms with Crippen LogP contribution in [0.1, 0.15) is 20.3 Å². The molecule has 1 fully saturated rings. The first kappa shape index (κ1) is 13.1. The predicted molar refractivity (Wildman–Crippen MR) is 54.1 cm³/mol. The molecule has 0 spiro atoms. The maximum atomic E-state index is 10.9. The highest BCUT2D eigenvalue weighted by atomic mass is 31.2. The summed E-state index contributed by atoms with van der Waals surface area (Å²) in [5.41, 5.74) is 0. The zero-order chi connectivity index (χ0) is 11.5. The summed E-state index contributed by atoms with van der Waals surface area (Å²) in [4.78, 5) is 17.7. The number of rotatable bonds is 5. The van der Waals surface area contributed by atoms with Crippen molar-refractivity contribution in [2.45, 2.75) is 32.6 Å². The second kappa shape index (κ2) is 5.39. The fraction of sp³-hybridized carbons (Fsp3) is 1.00. The van der Waals surface area contributed by atoms with Gasteiger partial charge in [0, 0.05) is 0 Å². The summed E-state index contributed by atoms with van der Waals surface area (Å²) in [6, 6.07) is -0.465. The largest absolute Gasteiger partial charge is 0.400 e. The molecule has 0 radical (unpaired) electrons. The first-order valence-electron chi connectivity index (χ1n) is 4.95. The van der Waals surface area contributed by atoms with E-state index < -0.39 is 20.1 Å². The number of hydrogen-bond donors (Lipinski definition) is 3. The lowest BCUT2D eigenvalue weighted by molar-refractivity contribution is -0.0676. The Balaban J connectivity index is 2.55. The Labute approximate surface area is 89.2 Å². The van der Waals surface area contributed by atoms with E-state index in [1.54, 1.807) is 0 Å². The van der Waals surface area contributed by atoms with Crippen molar-refractivity contribution in [1.29, 1.82) is 0 Å². The van der Waals surface area contributed by atoms with Gasteiger partial charge in [0.25, 0.3) is 0 Å². The first-order chi connectivity index (χ1) is 6.88. The summed E-state index contributed by atoms with van der Waals surface area (Å²) >= 11 is 0. The minimum Gasteiger partial charge on any atom is -0.349 e. The van der Waals surface area contributed by atoms with Crippen LogP contribution in [0.15, 0.2) is 0 Å². The molecule has 0 unspecified atom stereocenters. The van der Waals surface area contributed by atoms with Gasteiger partial charge in [0.2, 0.25) is 0 Å². The fourth-order valence-electron chi connectivity index (χ4n) is 1.56. The van der Waals surface area contributed by atoms with Gasteiger partial charge in [0.15, 0.2) is 6.29 Å². The zero-order valence-corrected chi connectivity index (χ0v) is 9.81. The fourth-order valence-corrected chi connectivity index (χ4v) is 2.22. The Bertz CT molecular complexity index is 235. The molecule has 0 aromatic carbocycles. The lowest BCUT2D eigenvalue weighted by Crippen LogP contribution is -2.39. The van der Waals surface area contributed by atoms with Crippen LogP contribution < -0.4 is 5.09 Å². The van der Waals surface area contributed by atoms with E-state index in [-0.39, 0.29) is 0 Å². The molecule has 0 aromatic rings. The molecule has 0 amide bonds. The van der Waals surface area contributed by atoms with E-state index >= 15 is 0 Å². The summed E-state index contributed by atoms with van der Waals surface area (Å²) in [5, 5.41) is 2.25. The molecule has 1 aliphatic heterocycles. The van der Waals surface area contributed by atoms with Crippen molar-refractivity contribution in [1.82, 2.24) is 5.09 Å². The van der Waals surface area contributed by atoms with Crippen LogP contribution in [-0.2, 0) is 14.0 Å². The van der Waals surface area contributed by atoms with E-state index in [2.05, 4.69) is 5.09 Å². The third-order valence-corrected chi connectivity index (χ3v) is 2.70. The van der Waals surface area contributed by atoms with E-state index in [1.807, 2.05) is 13.8 Å². The smallest absolute Gasteiger partial charge is 0.349 e. The summed E-state index contributed by atoms with van der Waals surface area (Å²) < 4.78 is 21.3. The normalized spacial score (nSPS) is 21.1. The molecule has 0 bridgehead atoms. The lowest BCUT2D eigenvalue weighted by atomic mass is 10.0. The molecule has 7 heteroatoms. The molecular formula is C8H18NO5P. The molecule has 0 aliphatic carbocycles. The van der Waals surface area contributed by atoms with E-state index in [9.17, 15) is 4.57 Å². The highest BCUT2D eigenvalue weighted by Gasteiger charge is 2.31. The van der Waals surface area contributed by atoms with Gasteiger partial charge in [-0.1, -0.05) is 13.8 Å². The van der Waals surface area contributed by atoms with Crippen LogP contribution in [0.3, 0.4) is 0 Å². The second-order valence-corrected chi connectivity index (χ2v) is 5.37. The molecule has 1 heterocycles. The van der Waals surface area contributed by atoms with Crippen molar-refractivity contribution in [2.75, 3.05) is 13.2 Å². The standard InChI is InChI=1S/C8H18NO5P/c1-6(2)5-7(9-15(10,11)12)8-13-3-4-14-8/h6-8H,3-5H2,1-2H3,(H3,9,10,11,12)/t7-/m0/s1. The zero-order valence-electron chi connectivity index (χ0n) is 8.92. The van der Waals surface area contributed by atoms with E-state index in [0.29, 0.717) is 25.6 Å².